The zero-order valence-corrected chi connectivity index (χ0v) is 13.4. The highest BCUT2D eigenvalue weighted by atomic mass is 19.4. The summed E-state index contributed by atoms with van der Waals surface area (Å²) in [5.74, 6) is -39.1. The van der Waals surface area contributed by atoms with Gasteiger partial charge in [0.25, 0.3) is 0 Å². The fourth-order valence-corrected chi connectivity index (χ4v) is 1.63. The number of halogens is 13. The fourth-order valence-electron chi connectivity index (χ4n) is 1.63. The number of alkyl halides is 13. The van der Waals surface area contributed by atoms with Crippen LogP contribution >= 0.6 is 0 Å². The van der Waals surface area contributed by atoms with Crippen LogP contribution in [0.1, 0.15) is 19.8 Å². The van der Waals surface area contributed by atoms with Crippen LogP contribution in [-0.4, -0.2) is 59.6 Å². The topological polar surface area (TPSA) is 46.5 Å². The largest absolute Gasteiger partial charge is 0.464 e. The van der Waals surface area contributed by atoms with Gasteiger partial charge < -0.3 is 9.84 Å². The second kappa shape index (κ2) is 7.74. The minimum absolute atomic E-state index is 0.445. The molecule has 0 rings (SSSR count). The van der Waals surface area contributed by atoms with E-state index in [0.717, 1.165) is 6.92 Å². The molecule has 0 aromatic carbocycles. The van der Waals surface area contributed by atoms with E-state index in [2.05, 4.69) is 4.74 Å². The summed E-state index contributed by atoms with van der Waals surface area (Å²) in [4.78, 5) is 10.9. The Hall–Kier alpha value is -1.48. The minimum Gasteiger partial charge on any atom is -0.464 e. The van der Waals surface area contributed by atoms with E-state index in [4.69, 9.17) is 5.11 Å². The van der Waals surface area contributed by atoms with Crippen LogP contribution in [-0.2, 0) is 9.53 Å². The summed E-state index contributed by atoms with van der Waals surface area (Å²) in [6, 6.07) is 0. The maximum absolute atomic E-state index is 13.4. The molecule has 0 bridgehead atoms. The zero-order chi connectivity index (χ0) is 23.0. The molecule has 0 aliphatic rings. The molecule has 0 fully saturated rings. The normalized spacial score (nSPS) is 16.1. The third-order valence-corrected chi connectivity index (χ3v) is 3.29. The summed E-state index contributed by atoms with van der Waals surface area (Å²) in [6.45, 7) is 0.704. The van der Waals surface area contributed by atoms with Gasteiger partial charge in [-0.05, 0) is 13.3 Å². The van der Waals surface area contributed by atoms with Crippen LogP contribution < -0.4 is 0 Å². The number of ether oxygens (including phenoxy) is 1. The lowest BCUT2D eigenvalue weighted by molar-refractivity contribution is -0.440. The van der Waals surface area contributed by atoms with E-state index >= 15 is 0 Å². The molecular weight excluding hydrogens is 439 g/mol. The molecule has 0 aromatic rings. The molecular formula is C12H11F13O3. The number of aliphatic hydroxyl groups excluding tert-OH is 1. The fraction of sp³-hybridized carbons (Fsp3) is 0.917. The van der Waals surface area contributed by atoms with Crippen LogP contribution in [0.2, 0.25) is 0 Å². The van der Waals surface area contributed by atoms with Gasteiger partial charge in [0.05, 0.1) is 6.61 Å². The Morgan fingerprint density at radius 3 is 1.54 bits per heavy atom. The molecule has 0 saturated carbocycles. The zero-order valence-electron chi connectivity index (χ0n) is 13.4. The number of esters is 1. The van der Waals surface area contributed by atoms with E-state index < -0.39 is 67.3 Å². The van der Waals surface area contributed by atoms with Crippen LogP contribution in [0, 0.1) is 0 Å². The van der Waals surface area contributed by atoms with E-state index in [1.165, 1.54) is 0 Å². The Morgan fingerprint density at radius 1 is 0.786 bits per heavy atom. The lowest BCUT2D eigenvalue weighted by atomic mass is 9.91. The van der Waals surface area contributed by atoms with E-state index in [1.54, 1.807) is 0 Å². The van der Waals surface area contributed by atoms with Crippen molar-refractivity contribution in [2.45, 2.75) is 61.7 Å². The monoisotopic (exact) mass is 450 g/mol. The maximum Gasteiger partial charge on any atom is 0.460 e. The van der Waals surface area contributed by atoms with Gasteiger partial charge in [-0.1, -0.05) is 0 Å². The second-order valence-corrected chi connectivity index (χ2v) is 5.31. The van der Waals surface area contributed by atoms with Crippen molar-refractivity contribution in [3.05, 3.63) is 0 Å². The molecule has 1 N–H and O–H groups in total. The van der Waals surface area contributed by atoms with Gasteiger partial charge in [-0.3, -0.25) is 0 Å². The highest BCUT2D eigenvalue weighted by Crippen LogP contribution is 2.60. The highest BCUT2D eigenvalue weighted by Gasteiger charge is 2.90. The van der Waals surface area contributed by atoms with E-state index in [9.17, 15) is 61.9 Å². The first-order valence-corrected chi connectivity index (χ1v) is 6.92. The predicted molar refractivity (Wildman–Crippen MR) is 62.7 cm³/mol. The average molecular weight is 450 g/mol. The van der Waals surface area contributed by atoms with Crippen molar-refractivity contribution in [3.8, 4) is 0 Å². The van der Waals surface area contributed by atoms with Crippen molar-refractivity contribution >= 4 is 5.97 Å². The molecule has 3 nitrogen and oxygen atoms in total. The highest BCUT2D eigenvalue weighted by molar-refractivity contribution is 5.74. The van der Waals surface area contributed by atoms with Crippen LogP contribution in [0.3, 0.4) is 0 Å². The van der Waals surface area contributed by atoms with Crippen molar-refractivity contribution in [2.75, 3.05) is 6.61 Å². The first-order chi connectivity index (χ1) is 12.1. The molecule has 0 amide bonds. The lowest BCUT2D eigenvalue weighted by Crippen LogP contribution is -2.70. The summed E-state index contributed by atoms with van der Waals surface area (Å²) in [7, 11) is 0. The predicted octanol–water partition coefficient (Wildman–Crippen LogP) is 4.43. The van der Waals surface area contributed by atoms with Crippen LogP contribution in [0.4, 0.5) is 57.1 Å². The SMILES string of the molecule is CCOC(=O)C(O)CCC(F)(F)C(F)(F)C(F)(F)C(F)(F)C(F)(F)C(F)(F)F. The molecule has 0 aliphatic carbocycles. The number of aliphatic hydroxyl groups is 1. The quantitative estimate of drug-likeness (QED) is 0.418. The Balaban J connectivity index is 5.83. The van der Waals surface area contributed by atoms with Crippen LogP contribution in [0.5, 0.6) is 0 Å². The number of carbonyl (C=O) groups excluding carboxylic acids is 1. The summed E-state index contributed by atoms with van der Waals surface area (Å²) in [5, 5.41) is 9.02. The second-order valence-electron chi connectivity index (χ2n) is 5.31. The smallest absolute Gasteiger partial charge is 0.460 e. The maximum atomic E-state index is 13.4. The lowest BCUT2D eigenvalue weighted by Gasteiger charge is -2.39. The van der Waals surface area contributed by atoms with Crippen LogP contribution in [0.15, 0.2) is 0 Å². The molecule has 1 unspecified atom stereocenters. The van der Waals surface area contributed by atoms with Crippen molar-refractivity contribution in [3.63, 3.8) is 0 Å². The van der Waals surface area contributed by atoms with Crippen molar-refractivity contribution in [2.24, 2.45) is 0 Å². The number of hydrogen-bond donors (Lipinski definition) is 1. The van der Waals surface area contributed by atoms with Gasteiger partial charge in [0, 0.05) is 6.42 Å². The summed E-state index contributed by atoms with van der Waals surface area (Å²) >= 11 is 0. The Kier molecular flexibility index (Phi) is 7.33. The third kappa shape index (κ3) is 4.25. The van der Waals surface area contributed by atoms with Gasteiger partial charge in [-0.15, -0.1) is 0 Å². The van der Waals surface area contributed by atoms with Crippen LogP contribution in [0.25, 0.3) is 0 Å². The average Bonchev–Trinajstić information content (AvgIpc) is 2.50. The first kappa shape index (κ1) is 26.5. The van der Waals surface area contributed by atoms with Crippen molar-refractivity contribution < 1.29 is 71.7 Å². The van der Waals surface area contributed by atoms with Crippen molar-refractivity contribution in [1.82, 2.24) is 0 Å². The molecule has 1 atom stereocenters. The molecule has 0 heterocycles. The molecule has 28 heavy (non-hydrogen) atoms. The van der Waals surface area contributed by atoms with E-state index in [0.29, 0.717) is 0 Å². The Morgan fingerprint density at radius 2 is 1.18 bits per heavy atom. The Bertz CT molecular complexity index is 555. The van der Waals surface area contributed by atoms with Gasteiger partial charge in [0.15, 0.2) is 6.10 Å². The molecule has 0 spiro atoms. The summed E-state index contributed by atoms with van der Waals surface area (Å²) in [6.07, 6.45) is -14.6. The standard InChI is InChI=1S/C12H11F13O3/c1-2-28-6(27)5(26)3-4-7(13,14)8(15,16)9(17,18)10(19,20)11(21,22)12(23,24)25/h5,26H,2-4H2,1H3. The molecule has 0 aromatic heterocycles. The molecule has 168 valence electrons. The van der Waals surface area contributed by atoms with Gasteiger partial charge in [-0.25, -0.2) is 4.79 Å². The molecule has 0 radical (unpaired) electrons. The minimum atomic E-state index is -7.98. The van der Waals surface area contributed by atoms with Crippen molar-refractivity contribution in [1.29, 1.82) is 0 Å². The third-order valence-electron chi connectivity index (χ3n) is 3.29. The molecule has 16 heteroatoms. The summed E-state index contributed by atoms with van der Waals surface area (Å²) in [5.41, 5.74) is 0. The number of carbonyl (C=O) groups is 1. The molecule has 0 aliphatic heterocycles. The van der Waals surface area contributed by atoms with Gasteiger partial charge in [0.2, 0.25) is 0 Å². The van der Waals surface area contributed by atoms with E-state index in [1.807, 2.05) is 0 Å². The van der Waals surface area contributed by atoms with E-state index in [-0.39, 0.29) is 0 Å². The first-order valence-electron chi connectivity index (χ1n) is 6.92. The molecule has 0 saturated heterocycles. The summed E-state index contributed by atoms with van der Waals surface area (Å²) < 4.78 is 171. The van der Waals surface area contributed by atoms with Gasteiger partial charge in [-0.2, -0.15) is 57.1 Å². The number of rotatable bonds is 9. The Labute approximate surface area is 147 Å². The van der Waals surface area contributed by atoms with Gasteiger partial charge >= 0.3 is 41.8 Å². The number of hydrogen-bond acceptors (Lipinski definition) is 3. The van der Waals surface area contributed by atoms with Gasteiger partial charge in [0.1, 0.15) is 0 Å².